The Morgan fingerprint density at radius 2 is 1.96 bits per heavy atom. The molecule has 0 spiro atoms. The number of aromatic amines is 1. The topological polar surface area (TPSA) is 123 Å². The highest BCUT2D eigenvalue weighted by molar-refractivity contribution is 7.99. The lowest BCUT2D eigenvalue weighted by atomic mass is 10.2. The largest absolute Gasteiger partial charge is 0.457 e. The first kappa shape index (κ1) is 18.5. The molecule has 0 radical (unpaired) electrons. The van der Waals surface area contributed by atoms with Crippen molar-refractivity contribution in [3.63, 3.8) is 0 Å². The van der Waals surface area contributed by atoms with E-state index in [1.54, 1.807) is 55.5 Å². The number of anilines is 1. The van der Waals surface area contributed by atoms with E-state index < -0.39 is 5.91 Å². The number of rotatable bonds is 7. The SMILES string of the molecule is Cc1nc(SCC(=O)Nc2ccc(Oc3cccc(C(N)=O)c3)cc2)n[nH]1. The van der Waals surface area contributed by atoms with Crippen molar-refractivity contribution in [1.82, 2.24) is 15.2 Å². The smallest absolute Gasteiger partial charge is 0.248 e. The fourth-order valence-electron chi connectivity index (χ4n) is 2.17. The lowest BCUT2D eigenvalue weighted by Gasteiger charge is -2.08. The van der Waals surface area contributed by atoms with Crippen LogP contribution in [0.15, 0.2) is 53.7 Å². The molecule has 0 aliphatic carbocycles. The number of hydrogen-bond donors (Lipinski definition) is 3. The molecule has 0 saturated carbocycles. The highest BCUT2D eigenvalue weighted by Gasteiger charge is 2.08. The average Bonchev–Trinajstić information content (AvgIpc) is 3.07. The third-order valence-corrected chi connectivity index (χ3v) is 4.25. The summed E-state index contributed by atoms with van der Waals surface area (Å²) in [6.45, 7) is 1.80. The normalized spacial score (nSPS) is 10.4. The fourth-order valence-corrected chi connectivity index (χ4v) is 2.81. The Labute approximate surface area is 159 Å². The number of thioether (sulfide) groups is 1. The number of carbonyl (C=O) groups excluding carboxylic acids is 2. The van der Waals surface area contributed by atoms with Gasteiger partial charge in [0.15, 0.2) is 0 Å². The van der Waals surface area contributed by atoms with Gasteiger partial charge in [0.05, 0.1) is 5.75 Å². The summed E-state index contributed by atoms with van der Waals surface area (Å²) in [4.78, 5) is 27.3. The molecule has 8 nitrogen and oxygen atoms in total. The number of primary amides is 1. The quantitative estimate of drug-likeness (QED) is 0.539. The van der Waals surface area contributed by atoms with Gasteiger partial charge in [-0.3, -0.25) is 14.7 Å². The number of benzene rings is 2. The molecule has 27 heavy (non-hydrogen) atoms. The number of hydrogen-bond acceptors (Lipinski definition) is 6. The first-order valence-electron chi connectivity index (χ1n) is 7.99. The van der Waals surface area contributed by atoms with Crippen LogP contribution in [0.2, 0.25) is 0 Å². The molecule has 0 aliphatic heterocycles. The van der Waals surface area contributed by atoms with Gasteiger partial charge in [-0.2, -0.15) is 0 Å². The van der Waals surface area contributed by atoms with Gasteiger partial charge < -0.3 is 15.8 Å². The van der Waals surface area contributed by atoms with Crippen LogP contribution in [0.5, 0.6) is 11.5 Å². The molecule has 1 heterocycles. The molecule has 0 bridgehead atoms. The first-order valence-corrected chi connectivity index (χ1v) is 8.97. The van der Waals surface area contributed by atoms with E-state index in [1.807, 2.05) is 0 Å². The van der Waals surface area contributed by atoms with Crippen molar-refractivity contribution in [3.05, 3.63) is 59.9 Å². The van der Waals surface area contributed by atoms with Crippen LogP contribution in [0.25, 0.3) is 0 Å². The maximum atomic E-state index is 12.0. The Morgan fingerprint density at radius 3 is 2.63 bits per heavy atom. The molecule has 3 rings (SSSR count). The summed E-state index contributed by atoms with van der Waals surface area (Å²) in [7, 11) is 0. The molecule has 0 aliphatic rings. The molecule has 0 fully saturated rings. The first-order chi connectivity index (χ1) is 13.0. The van der Waals surface area contributed by atoms with Gasteiger partial charge in [0.25, 0.3) is 0 Å². The number of nitrogens with zero attached hydrogens (tertiary/aromatic N) is 2. The lowest BCUT2D eigenvalue weighted by molar-refractivity contribution is -0.113. The summed E-state index contributed by atoms with van der Waals surface area (Å²) in [5.74, 6) is 1.30. The zero-order chi connectivity index (χ0) is 19.2. The summed E-state index contributed by atoms with van der Waals surface area (Å²) >= 11 is 1.25. The van der Waals surface area contributed by atoms with Crippen LogP contribution in [-0.4, -0.2) is 32.7 Å². The van der Waals surface area contributed by atoms with Crippen LogP contribution < -0.4 is 15.8 Å². The van der Waals surface area contributed by atoms with Crippen LogP contribution in [0, 0.1) is 6.92 Å². The van der Waals surface area contributed by atoms with E-state index in [0.29, 0.717) is 33.7 Å². The third kappa shape index (κ3) is 5.32. The van der Waals surface area contributed by atoms with Gasteiger partial charge in [-0.15, -0.1) is 5.10 Å². The van der Waals surface area contributed by atoms with Crippen molar-refractivity contribution < 1.29 is 14.3 Å². The maximum absolute atomic E-state index is 12.0. The highest BCUT2D eigenvalue weighted by atomic mass is 32.2. The molecule has 2 aromatic carbocycles. The minimum atomic E-state index is -0.517. The van der Waals surface area contributed by atoms with Crippen molar-refractivity contribution in [1.29, 1.82) is 0 Å². The van der Waals surface area contributed by atoms with E-state index in [4.69, 9.17) is 10.5 Å². The van der Waals surface area contributed by atoms with Crippen LogP contribution in [0.1, 0.15) is 16.2 Å². The van der Waals surface area contributed by atoms with Gasteiger partial charge in [0.1, 0.15) is 17.3 Å². The van der Waals surface area contributed by atoms with Gasteiger partial charge >= 0.3 is 0 Å². The Hall–Kier alpha value is -3.33. The van der Waals surface area contributed by atoms with Crippen molar-refractivity contribution in [2.75, 3.05) is 11.1 Å². The van der Waals surface area contributed by atoms with Gasteiger partial charge in [0.2, 0.25) is 17.0 Å². The van der Waals surface area contributed by atoms with E-state index in [-0.39, 0.29) is 11.7 Å². The number of ether oxygens (including phenoxy) is 1. The van der Waals surface area contributed by atoms with E-state index in [9.17, 15) is 9.59 Å². The molecule has 138 valence electrons. The van der Waals surface area contributed by atoms with E-state index >= 15 is 0 Å². The molecule has 9 heteroatoms. The van der Waals surface area contributed by atoms with Gasteiger partial charge in [-0.1, -0.05) is 17.8 Å². The van der Waals surface area contributed by atoms with E-state index in [0.717, 1.165) is 0 Å². The maximum Gasteiger partial charge on any atom is 0.248 e. The number of nitrogens with two attached hydrogens (primary N) is 1. The number of aromatic nitrogens is 3. The number of H-pyrrole nitrogens is 1. The second kappa shape index (κ2) is 8.37. The minimum absolute atomic E-state index is 0.162. The summed E-state index contributed by atoms with van der Waals surface area (Å²) in [6.07, 6.45) is 0. The molecule has 0 atom stereocenters. The monoisotopic (exact) mass is 383 g/mol. The minimum Gasteiger partial charge on any atom is -0.457 e. The Kier molecular flexibility index (Phi) is 5.72. The number of aryl methyl sites for hydroxylation is 1. The molecule has 1 aromatic heterocycles. The molecular weight excluding hydrogens is 366 g/mol. The van der Waals surface area contributed by atoms with Gasteiger partial charge in [0, 0.05) is 11.3 Å². The molecule has 0 unspecified atom stereocenters. The number of carbonyl (C=O) groups is 2. The summed E-state index contributed by atoms with van der Waals surface area (Å²) in [6, 6.07) is 13.5. The van der Waals surface area contributed by atoms with Crippen molar-refractivity contribution in [2.45, 2.75) is 12.1 Å². The summed E-state index contributed by atoms with van der Waals surface area (Å²) in [5.41, 5.74) is 6.27. The number of amides is 2. The molecule has 3 aromatic rings. The Bertz CT molecular complexity index is 956. The second-order valence-electron chi connectivity index (χ2n) is 5.56. The Balaban J connectivity index is 1.54. The van der Waals surface area contributed by atoms with Crippen LogP contribution in [-0.2, 0) is 4.79 Å². The zero-order valence-corrected chi connectivity index (χ0v) is 15.2. The standard InChI is InChI=1S/C18H17N5O3S/c1-11-20-18(23-22-11)27-10-16(24)21-13-5-7-14(8-6-13)26-15-4-2-3-12(9-15)17(19)25/h2-9H,10H2,1H3,(H2,19,25)(H,21,24)(H,20,22,23). The predicted octanol–water partition coefficient (Wildman–Crippen LogP) is 2.74. The highest BCUT2D eigenvalue weighted by Crippen LogP contribution is 2.24. The van der Waals surface area contributed by atoms with Crippen molar-refractivity contribution in [2.24, 2.45) is 5.73 Å². The summed E-state index contributed by atoms with van der Waals surface area (Å²) in [5, 5.41) is 10.0. The molecular formula is C18H17N5O3S. The zero-order valence-electron chi connectivity index (χ0n) is 14.4. The van der Waals surface area contributed by atoms with Crippen LogP contribution in [0.4, 0.5) is 5.69 Å². The van der Waals surface area contributed by atoms with E-state index in [2.05, 4.69) is 20.5 Å². The van der Waals surface area contributed by atoms with E-state index in [1.165, 1.54) is 11.8 Å². The van der Waals surface area contributed by atoms with Crippen molar-refractivity contribution in [3.8, 4) is 11.5 Å². The predicted molar refractivity (Wildman–Crippen MR) is 102 cm³/mol. The third-order valence-electron chi connectivity index (χ3n) is 3.40. The average molecular weight is 383 g/mol. The second-order valence-corrected chi connectivity index (χ2v) is 6.50. The Morgan fingerprint density at radius 1 is 1.19 bits per heavy atom. The number of nitrogens with one attached hydrogen (secondary N) is 2. The fraction of sp³-hybridized carbons (Fsp3) is 0.111. The summed E-state index contributed by atoms with van der Waals surface area (Å²) < 4.78 is 5.69. The van der Waals surface area contributed by atoms with Crippen LogP contribution in [0.3, 0.4) is 0 Å². The van der Waals surface area contributed by atoms with Crippen LogP contribution >= 0.6 is 11.8 Å². The molecule has 4 N–H and O–H groups in total. The van der Waals surface area contributed by atoms with Crippen molar-refractivity contribution >= 4 is 29.3 Å². The van der Waals surface area contributed by atoms with Gasteiger partial charge in [-0.25, -0.2) is 4.98 Å². The lowest BCUT2D eigenvalue weighted by Crippen LogP contribution is -2.14. The molecule has 2 amide bonds. The molecule has 0 saturated heterocycles. The van der Waals surface area contributed by atoms with Gasteiger partial charge in [-0.05, 0) is 49.4 Å².